The third-order valence-electron chi connectivity index (χ3n) is 3.48. The summed E-state index contributed by atoms with van der Waals surface area (Å²) in [7, 11) is -3.94. The second kappa shape index (κ2) is 7.29. The molecular weight excluding hydrogens is 374 g/mol. The lowest BCUT2D eigenvalue weighted by Gasteiger charge is -2.12. The Morgan fingerprint density at radius 1 is 1.15 bits per heavy atom. The van der Waals surface area contributed by atoms with Gasteiger partial charge >= 0.3 is 0 Å². The van der Waals surface area contributed by atoms with Crippen LogP contribution >= 0.6 is 0 Å². The molecule has 0 aliphatic heterocycles. The average Bonchev–Trinajstić information content (AvgIpc) is 3.23. The van der Waals surface area contributed by atoms with Gasteiger partial charge in [-0.3, -0.25) is 4.79 Å². The van der Waals surface area contributed by atoms with Crippen molar-refractivity contribution in [2.24, 2.45) is 0 Å². The number of sulfonamides is 1. The van der Waals surface area contributed by atoms with Crippen molar-refractivity contribution in [2.75, 3.05) is 5.32 Å². The van der Waals surface area contributed by atoms with Crippen molar-refractivity contribution in [2.45, 2.75) is 32.2 Å². The highest BCUT2D eigenvalue weighted by molar-refractivity contribution is 7.89. The molecule has 0 saturated carbocycles. The Labute approximate surface area is 155 Å². The molecule has 0 unspecified atom stereocenters. The molecule has 1 aromatic carbocycles. The van der Waals surface area contributed by atoms with Crippen molar-refractivity contribution < 1.29 is 22.3 Å². The molecule has 10 nitrogen and oxygen atoms in total. The molecule has 0 aliphatic carbocycles. The molecule has 0 bridgehead atoms. The SMILES string of the molecule is CC(=O)Nc1ccc(C)cc1S(=O)(=O)NCc1nc(-c2cc(C)on2)no1. The highest BCUT2D eigenvalue weighted by Crippen LogP contribution is 2.23. The standard InChI is InChI=1S/C16H17N5O5S/c1-9-4-5-12(18-11(3)22)14(6-9)27(23,24)17-8-15-19-16(21-26-15)13-7-10(2)25-20-13/h4-7,17H,8H2,1-3H3,(H,18,22). The van der Waals surface area contributed by atoms with Crippen molar-refractivity contribution in [3.05, 3.63) is 41.5 Å². The van der Waals surface area contributed by atoms with Crippen LogP contribution in [0.3, 0.4) is 0 Å². The van der Waals surface area contributed by atoms with Crippen molar-refractivity contribution in [1.29, 1.82) is 0 Å². The maximum Gasteiger partial charge on any atom is 0.243 e. The number of nitrogens with zero attached hydrogens (tertiary/aromatic N) is 3. The number of aromatic nitrogens is 3. The van der Waals surface area contributed by atoms with E-state index in [1.807, 2.05) is 0 Å². The van der Waals surface area contributed by atoms with E-state index >= 15 is 0 Å². The molecule has 2 aromatic heterocycles. The van der Waals surface area contributed by atoms with E-state index in [2.05, 4.69) is 25.3 Å². The van der Waals surface area contributed by atoms with E-state index < -0.39 is 10.0 Å². The highest BCUT2D eigenvalue weighted by atomic mass is 32.2. The second-order valence-electron chi connectivity index (χ2n) is 5.84. The fourth-order valence-corrected chi connectivity index (χ4v) is 3.50. The van der Waals surface area contributed by atoms with Crippen LogP contribution in [-0.2, 0) is 21.4 Å². The van der Waals surface area contributed by atoms with Gasteiger partial charge in [-0.1, -0.05) is 16.4 Å². The number of aryl methyl sites for hydroxylation is 2. The molecule has 3 rings (SSSR count). The minimum absolute atomic E-state index is 0.0513. The van der Waals surface area contributed by atoms with Gasteiger partial charge in [-0.2, -0.15) is 4.98 Å². The summed E-state index contributed by atoms with van der Waals surface area (Å²) in [5.74, 6) is 0.459. The van der Waals surface area contributed by atoms with Gasteiger partial charge in [0, 0.05) is 13.0 Å². The lowest BCUT2D eigenvalue weighted by molar-refractivity contribution is -0.114. The van der Waals surface area contributed by atoms with E-state index in [1.165, 1.54) is 19.1 Å². The third kappa shape index (κ3) is 4.38. The molecule has 0 saturated heterocycles. The summed E-state index contributed by atoms with van der Waals surface area (Å²) in [4.78, 5) is 15.4. The van der Waals surface area contributed by atoms with Crippen molar-refractivity contribution in [1.82, 2.24) is 20.0 Å². The van der Waals surface area contributed by atoms with Crippen LogP contribution in [0.1, 0.15) is 24.1 Å². The van der Waals surface area contributed by atoms with Crippen molar-refractivity contribution in [3.8, 4) is 11.5 Å². The van der Waals surface area contributed by atoms with Gasteiger partial charge in [0.15, 0.2) is 5.69 Å². The first-order valence-corrected chi connectivity index (χ1v) is 9.37. The number of hydrogen-bond donors (Lipinski definition) is 2. The normalized spacial score (nSPS) is 11.5. The molecule has 0 aliphatic rings. The van der Waals surface area contributed by atoms with E-state index in [9.17, 15) is 13.2 Å². The Bertz CT molecular complexity index is 1090. The first kappa shape index (κ1) is 18.7. The van der Waals surface area contributed by atoms with Gasteiger partial charge < -0.3 is 14.4 Å². The summed E-state index contributed by atoms with van der Waals surface area (Å²) < 4.78 is 37.7. The Balaban J connectivity index is 1.79. The first-order valence-electron chi connectivity index (χ1n) is 7.89. The largest absolute Gasteiger partial charge is 0.361 e. The van der Waals surface area contributed by atoms with Gasteiger partial charge in [0.05, 0.1) is 12.2 Å². The number of hydrogen-bond acceptors (Lipinski definition) is 8. The van der Waals surface area contributed by atoms with Crippen LogP contribution in [0.4, 0.5) is 5.69 Å². The number of carbonyl (C=O) groups is 1. The minimum Gasteiger partial charge on any atom is -0.361 e. The van der Waals surface area contributed by atoms with Crippen molar-refractivity contribution >= 4 is 21.6 Å². The predicted octanol–water partition coefficient (Wildman–Crippen LogP) is 1.78. The first-order chi connectivity index (χ1) is 12.7. The molecule has 1 amide bonds. The summed E-state index contributed by atoms with van der Waals surface area (Å²) in [5, 5.41) is 10.0. The topological polar surface area (TPSA) is 140 Å². The molecule has 2 N–H and O–H groups in total. The van der Waals surface area contributed by atoms with Gasteiger partial charge in [0.2, 0.25) is 27.6 Å². The lowest BCUT2D eigenvalue weighted by atomic mass is 10.2. The predicted molar refractivity (Wildman–Crippen MR) is 94.0 cm³/mol. The van der Waals surface area contributed by atoms with Gasteiger partial charge in [0.1, 0.15) is 10.7 Å². The number of carbonyl (C=O) groups excluding carboxylic acids is 1. The molecular formula is C16H17N5O5S. The van der Waals surface area contributed by atoms with Crippen LogP contribution in [0, 0.1) is 13.8 Å². The molecule has 142 valence electrons. The Morgan fingerprint density at radius 2 is 1.93 bits per heavy atom. The third-order valence-corrected chi connectivity index (χ3v) is 4.92. The Hall–Kier alpha value is -3.05. The maximum absolute atomic E-state index is 12.7. The smallest absolute Gasteiger partial charge is 0.243 e. The van der Waals surface area contributed by atoms with E-state index in [4.69, 9.17) is 9.05 Å². The van der Waals surface area contributed by atoms with E-state index in [-0.39, 0.29) is 34.7 Å². The molecule has 2 heterocycles. The number of nitrogens with one attached hydrogen (secondary N) is 2. The monoisotopic (exact) mass is 391 g/mol. The zero-order valence-corrected chi connectivity index (χ0v) is 15.6. The highest BCUT2D eigenvalue weighted by Gasteiger charge is 2.21. The number of anilines is 1. The molecule has 27 heavy (non-hydrogen) atoms. The quantitative estimate of drug-likeness (QED) is 0.648. The maximum atomic E-state index is 12.7. The summed E-state index contributed by atoms with van der Waals surface area (Å²) in [6, 6.07) is 6.33. The van der Waals surface area contributed by atoms with Crippen LogP contribution in [0.2, 0.25) is 0 Å². The van der Waals surface area contributed by atoms with Gasteiger partial charge in [0.25, 0.3) is 0 Å². The van der Waals surface area contributed by atoms with Crippen LogP contribution in [-0.4, -0.2) is 29.6 Å². The van der Waals surface area contributed by atoms with Crippen LogP contribution in [0.25, 0.3) is 11.5 Å². The molecule has 0 spiro atoms. The summed E-state index contributed by atoms with van der Waals surface area (Å²) >= 11 is 0. The van der Waals surface area contributed by atoms with E-state index in [0.29, 0.717) is 11.5 Å². The van der Waals surface area contributed by atoms with Crippen molar-refractivity contribution in [3.63, 3.8) is 0 Å². The molecule has 0 radical (unpaired) electrons. The zero-order chi connectivity index (χ0) is 19.6. The molecule has 0 fully saturated rings. The second-order valence-corrected chi connectivity index (χ2v) is 7.58. The number of rotatable bonds is 6. The Kier molecular flexibility index (Phi) is 5.06. The zero-order valence-electron chi connectivity index (χ0n) is 14.8. The molecule has 3 aromatic rings. The van der Waals surface area contributed by atoms with Gasteiger partial charge in [-0.25, -0.2) is 13.1 Å². The van der Waals surface area contributed by atoms with E-state index in [0.717, 1.165) is 5.56 Å². The van der Waals surface area contributed by atoms with Crippen LogP contribution in [0.15, 0.2) is 38.2 Å². The Morgan fingerprint density at radius 3 is 2.59 bits per heavy atom. The fourth-order valence-electron chi connectivity index (χ4n) is 2.28. The lowest BCUT2D eigenvalue weighted by Crippen LogP contribution is -2.25. The minimum atomic E-state index is -3.94. The fraction of sp³-hybridized carbons (Fsp3) is 0.250. The van der Waals surface area contributed by atoms with E-state index in [1.54, 1.807) is 26.0 Å². The number of benzene rings is 1. The van der Waals surface area contributed by atoms with Gasteiger partial charge in [-0.05, 0) is 31.5 Å². The summed E-state index contributed by atoms with van der Waals surface area (Å²) in [5.41, 5.74) is 1.30. The molecule has 0 atom stereocenters. The average molecular weight is 391 g/mol. The number of amides is 1. The van der Waals surface area contributed by atoms with Gasteiger partial charge in [-0.15, -0.1) is 0 Å². The summed E-state index contributed by atoms with van der Waals surface area (Å²) in [6.45, 7) is 4.55. The molecule has 11 heteroatoms. The van der Waals surface area contributed by atoms with Crippen LogP contribution < -0.4 is 10.0 Å². The van der Waals surface area contributed by atoms with Crippen LogP contribution in [0.5, 0.6) is 0 Å². The summed E-state index contributed by atoms with van der Waals surface area (Å²) in [6.07, 6.45) is 0.